The Labute approximate surface area is 114 Å². The first kappa shape index (κ1) is 12.8. The number of hydrogen-bond acceptors (Lipinski definition) is 5. The highest BCUT2D eigenvalue weighted by atomic mass is 16.5. The van der Waals surface area contributed by atoms with Gasteiger partial charge in [-0.3, -0.25) is 4.90 Å². The second kappa shape index (κ2) is 5.45. The maximum Gasteiger partial charge on any atom is 0.128 e. The van der Waals surface area contributed by atoms with Gasteiger partial charge in [0.1, 0.15) is 5.82 Å². The molecule has 0 radical (unpaired) electrons. The molecule has 104 valence electrons. The van der Waals surface area contributed by atoms with E-state index in [-0.39, 0.29) is 5.54 Å². The van der Waals surface area contributed by atoms with Gasteiger partial charge in [-0.1, -0.05) is 6.07 Å². The summed E-state index contributed by atoms with van der Waals surface area (Å²) in [6, 6.07) is 6.07. The van der Waals surface area contributed by atoms with Gasteiger partial charge in [-0.15, -0.1) is 0 Å². The second-order valence-electron chi connectivity index (χ2n) is 5.62. The average Bonchev–Trinajstić information content (AvgIpc) is 2.87. The molecule has 2 N–H and O–H groups in total. The van der Waals surface area contributed by atoms with Crippen molar-refractivity contribution in [3.8, 4) is 0 Å². The van der Waals surface area contributed by atoms with E-state index in [4.69, 9.17) is 10.5 Å². The van der Waals surface area contributed by atoms with Crippen LogP contribution in [0, 0.1) is 0 Å². The average molecular weight is 262 g/mol. The highest BCUT2D eigenvalue weighted by Crippen LogP contribution is 2.19. The molecule has 3 heterocycles. The minimum absolute atomic E-state index is 0.132. The zero-order valence-corrected chi connectivity index (χ0v) is 11.3. The Kier molecular flexibility index (Phi) is 3.68. The molecule has 0 amide bonds. The first-order valence-corrected chi connectivity index (χ1v) is 7.00. The smallest absolute Gasteiger partial charge is 0.128 e. The summed E-state index contributed by atoms with van der Waals surface area (Å²) in [5.41, 5.74) is 6.21. The molecule has 19 heavy (non-hydrogen) atoms. The zero-order chi connectivity index (χ0) is 13.1. The lowest BCUT2D eigenvalue weighted by Gasteiger charge is -2.38. The van der Waals surface area contributed by atoms with Gasteiger partial charge in [-0.25, -0.2) is 4.98 Å². The highest BCUT2D eigenvalue weighted by molar-refractivity contribution is 5.38. The van der Waals surface area contributed by atoms with Crippen molar-refractivity contribution in [2.24, 2.45) is 5.73 Å². The van der Waals surface area contributed by atoms with Crippen LogP contribution in [0.4, 0.5) is 5.82 Å². The fourth-order valence-corrected chi connectivity index (χ4v) is 2.87. The van der Waals surface area contributed by atoms with Gasteiger partial charge in [0.2, 0.25) is 0 Å². The van der Waals surface area contributed by atoms with E-state index in [1.807, 2.05) is 18.3 Å². The molecule has 0 saturated carbocycles. The molecule has 3 rings (SSSR count). The molecule has 2 saturated heterocycles. The molecule has 0 bridgehead atoms. The quantitative estimate of drug-likeness (QED) is 0.850. The number of piperazine rings is 1. The van der Waals surface area contributed by atoms with Crippen LogP contribution in [-0.4, -0.2) is 61.4 Å². The number of anilines is 1. The van der Waals surface area contributed by atoms with Gasteiger partial charge in [0.25, 0.3) is 0 Å². The van der Waals surface area contributed by atoms with E-state index in [1.165, 1.54) is 0 Å². The number of hydrogen-bond donors (Lipinski definition) is 1. The molecule has 0 aromatic carbocycles. The SMILES string of the molecule is NC1(CN2CCN(c3ccccn3)CC2)CCOC1. The predicted octanol–water partition coefficient (Wildman–Crippen LogP) is 0.321. The summed E-state index contributed by atoms with van der Waals surface area (Å²) in [5, 5.41) is 0. The van der Waals surface area contributed by atoms with Crippen LogP contribution in [-0.2, 0) is 4.74 Å². The summed E-state index contributed by atoms with van der Waals surface area (Å²) in [5.74, 6) is 1.08. The summed E-state index contributed by atoms with van der Waals surface area (Å²) in [6.45, 7) is 6.61. The van der Waals surface area contributed by atoms with Gasteiger partial charge in [0, 0.05) is 45.5 Å². The van der Waals surface area contributed by atoms with Crippen molar-refractivity contribution in [1.82, 2.24) is 9.88 Å². The monoisotopic (exact) mass is 262 g/mol. The number of nitrogens with zero attached hydrogens (tertiary/aromatic N) is 3. The molecule has 2 aliphatic heterocycles. The molecular formula is C14H22N4O. The summed E-state index contributed by atoms with van der Waals surface area (Å²) in [4.78, 5) is 9.20. The molecule has 1 aromatic rings. The van der Waals surface area contributed by atoms with Crippen LogP contribution in [0.3, 0.4) is 0 Å². The normalized spacial score (nSPS) is 28.8. The maximum absolute atomic E-state index is 6.34. The van der Waals surface area contributed by atoms with Crippen molar-refractivity contribution in [3.63, 3.8) is 0 Å². The van der Waals surface area contributed by atoms with Crippen molar-refractivity contribution < 1.29 is 4.74 Å². The van der Waals surface area contributed by atoms with Crippen LogP contribution in [0.25, 0.3) is 0 Å². The topological polar surface area (TPSA) is 54.6 Å². The summed E-state index contributed by atoms with van der Waals surface area (Å²) in [6.07, 6.45) is 2.83. The van der Waals surface area contributed by atoms with Crippen molar-refractivity contribution in [1.29, 1.82) is 0 Å². The Balaban J connectivity index is 1.52. The molecule has 2 aliphatic rings. The van der Waals surface area contributed by atoms with Crippen LogP contribution in [0.5, 0.6) is 0 Å². The zero-order valence-electron chi connectivity index (χ0n) is 11.3. The number of rotatable bonds is 3. The van der Waals surface area contributed by atoms with Crippen LogP contribution < -0.4 is 10.6 Å². The minimum atomic E-state index is -0.132. The van der Waals surface area contributed by atoms with Gasteiger partial charge in [0.05, 0.1) is 12.1 Å². The molecule has 0 spiro atoms. The van der Waals surface area contributed by atoms with Crippen LogP contribution in [0.2, 0.25) is 0 Å². The van der Waals surface area contributed by atoms with E-state index in [9.17, 15) is 0 Å². The molecule has 1 atom stereocenters. The van der Waals surface area contributed by atoms with E-state index in [1.54, 1.807) is 0 Å². The van der Waals surface area contributed by atoms with E-state index in [0.717, 1.165) is 51.6 Å². The maximum atomic E-state index is 6.34. The standard InChI is InChI=1S/C14H22N4O/c15-14(4-10-19-12-14)11-17-6-8-18(9-7-17)13-3-1-2-5-16-13/h1-3,5H,4,6-12,15H2. The van der Waals surface area contributed by atoms with Crippen LogP contribution in [0.1, 0.15) is 6.42 Å². The Morgan fingerprint density at radius 2 is 2.11 bits per heavy atom. The molecule has 5 nitrogen and oxygen atoms in total. The van der Waals surface area contributed by atoms with Crippen molar-refractivity contribution in [3.05, 3.63) is 24.4 Å². The molecule has 5 heteroatoms. The van der Waals surface area contributed by atoms with E-state index < -0.39 is 0 Å². The number of pyridine rings is 1. The number of nitrogens with two attached hydrogens (primary N) is 1. The Bertz CT molecular complexity index is 397. The van der Waals surface area contributed by atoms with Gasteiger partial charge < -0.3 is 15.4 Å². The Morgan fingerprint density at radius 1 is 1.26 bits per heavy atom. The third kappa shape index (κ3) is 3.05. The molecule has 0 aliphatic carbocycles. The van der Waals surface area contributed by atoms with Gasteiger partial charge in [0.15, 0.2) is 0 Å². The van der Waals surface area contributed by atoms with E-state index in [2.05, 4.69) is 20.9 Å². The fraction of sp³-hybridized carbons (Fsp3) is 0.643. The number of ether oxygens (including phenoxy) is 1. The second-order valence-corrected chi connectivity index (χ2v) is 5.62. The Morgan fingerprint density at radius 3 is 2.74 bits per heavy atom. The molecule has 1 unspecified atom stereocenters. The lowest BCUT2D eigenvalue weighted by atomic mass is 9.99. The highest BCUT2D eigenvalue weighted by Gasteiger charge is 2.33. The van der Waals surface area contributed by atoms with E-state index in [0.29, 0.717) is 6.61 Å². The fourth-order valence-electron chi connectivity index (χ4n) is 2.87. The summed E-state index contributed by atoms with van der Waals surface area (Å²) in [7, 11) is 0. The lowest BCUT2D eigenvalue weighted by molar-refractivity contribution is 0.149. The summed E-state index contributed by atoms with van der Waals surface area (Å²) >= 11 is 0. The van der Waals surface area contributed by atoms with Crippen molar-refractivity contribution in [2.75, 3.05) is 50.8 Å². The van der Waals surface area contributed by atoms with Crippen molar-refractivity contribution in [2.45, 2.75) is 12.0 Å². The van der Waals surface area contributed by atoms with Crippen LogP contribution in [0.15, 0.2) is 24.4 Å². The van der Waals surface area contributed by atoms with E-state index >= 15 is 0 Å². The largest absolute Gasteiger partial charge is 0.379 e. The van der Waals surface area contributed by atoms with Gasteiger partial charge in [-0.05, 0) is 18.6 Å². The third-order valence-corrected chi connectivity index (χ3v) is 4.02. The first-order valence-electron chi connectivity index (χ1n) is 7.00. The molecule has 2 fully saturated rings. The van der Waals surface area contributed by atoms with Crippen molar-refractivity contribution >= 4 is 5.82 Å². The summed E-state index contributed by atoms with van der Waals surface area (Å²) < 4.78 is 5.42. The molecular weight excluding hydrogens is 240 g/mol. The number of aromatic nitrogens is 1. The van der Waals surface area contributed by atoms with Gasteiger partial charge in [-0.2, -0.15) is 0 Å². The van der Waals surface area contributed by atoms with Crippen LogP contribution >= 0.6 is 0 Å². The van der Waals surface area contributed by atoms with Gasteiger partial charge >= 0.3 is 0 Å². The minimum Gasteiger partial charge on any atom is -0.379 e. The Hall–Kier alpha value is -1.17. The lowest BCUT2D eigenvalue weighted by Crippen LogP contribution is -2.56. The predicted molar refractivity (Wildman–Crippen MR) is 75.2 cm³/mol. The molecule has 1 aromatic heterocycles. The first-order chi connectivity index (χ1) is 9.25. The third-order valence-electron chi connectivity index (χ3n) is 4.02.